The summed E-state index contributed by atoms with van der Waals surface area (Å²) < 4.78 is 5.14. The highest BCUT2D eigenvalue weighted by atomic mass is 16.3. The molecule has 0 aliphatic heterocycles. The van der Waals surface area contributed by atoms with Crippen LogP contribution in [0.4, 0.5) is 5.69 Å². The molecular weight excluding hydrogens is 290 g/mol. The van der Waals surface area contributed by atoms with Crippen LogP contribution >= 0.6 is 0 Å². The first-order valence-electron chi connectivity index (χ1n) is 7.26. The first-order valence-corrected chi connectivity index (χ1v) is 7.26. The summed E-state index contributed by atoms with van der Waals surface area (Å²) in [4.78, 5) is 12.0. The molecule has 1 aromatic heterocycles. The van der Waals surface area contributed by atoms with Crippen molar-refractivity contribution in [2.45, 2.75) is 27.3 Å². The van der Waals surface area contributed by atoms with Crippen LogP contribution in [-0.4, -0.2) is 5.91 Å². The minimum absolute atomic E-state index is 0.0101. The van der Waals surface area contributed by atoms with Crippen LogP contribution in [0.2, 0.25) is 0 Å². The van der Waals surface area contributed by atoms with Gasteiger partial charge in [-0.25, -0.2) is 0 Å². The maximum absolute atomic E-state index is 12.0. The molecule has 2 rings (SSSR count). The number of nitrogens with one attached hydrogen (secondary N) is 2. The third kappa shape index (κ3) is 4.24. The number of aryl methyl sites for hydroxylation is 3. The molecule has 2 aromatic rings. The summed E-state index contributed by atoms with van der Waals surface area (Å²) in [6.45, 7) is 6.24. The van der Waals surface area contributed by atoms with E-state index in [1.165, 1.54) is 18.0 Å². The van der Waals surface area contributed by atoms with E-state index in [1.807, 2.05) is 39.0 Å². The topological polar surface area (TPSA) is 78.1 Å². The Labute approximate surface area is 135 Å². The molecule has 5 heteroatoms. The molecule has 0 saturated carbocycles. The van der Waals surface area contributed by atoms with E-state index in [0.29, 0.717) is 5.76 Å². The number of amides is 1. The lowest BCUT2D eigenvalue weighted by atomic mass is 10.1. The van der Waals surface area contributed by atoms with Crippen LogP contribution in [0.3, 0.4) is 0 Å². The molecular formula is C18H19N3O2. The Morgan fingerprint density at radius 3 is 2.57 bits per heavy atom. The first kappa shape index (κ1) is 16.4. The van der Waals surface area contributed by atoms with Gasteiger partial charge in [0.2, 0.25) is 0 Å². The van der Waals surface area contributed by atoms with Gasteiger partial charge in [-0.05, 0) is 44.0 Å². The van der Waals surface area contributed by atoms with Crippen molar-refractivity contribution < 1.29 is 9.21 Å². The fourth-order valence-corrected chi connectivity index (χ4v) is 2.38. The van der Waals surface area contributed by atoms with Gasteiger partial charge in [0.25, 0.3) is 5.91 Å². The smallest absolute Gasteiger partial charge is 0.263 e. The van der Waals surface area contributed by atoms with Gasteiger partial charge in [0.05, 0.1) is 12.8 Å². The normalized spacial score (nSPS) is 11.0. The zero-order valence-electron chi connectivity index (χ0n) is 13.4. The van der Waals surface area contributed by atoms with Crippen molar-refractivity contribution >= 4 is 11.6 Å². The summed E-state index contributed by atoms with van der Waals surface area (Å²) in [7, 11) is 0. The van der Waals surface area contributed by atoms with Crippen molar-refractivity contribution in [1.82, 2.24) is 5.32 Å². The van der Waals surface area contributed by atoms with E-state index in [0.717, 1.165) is 16.8 Å². The standard InChI is InChI=1S/C18H19N3O2/c1-12-7-13(2)17(14(3)8-12)20-10-15(9-19)18(22)21-11-16-5-4-6-23-16/h4-8,10,20H,11H2,1-3H3,(H,21,22)/b15-10-. The van der Waals surface area contributed by atoms with Crippen LogP contribution < -0.4 is 10.6 Å². The molecule has 0 bridgehead atoms. The molecule has 0 atom stereocenters. The second-order valence-corrected chi connectivity index (χ2v) is 5.35. The summed E-state index contributed by atoms with van der Waals surface area (Å²) in [6, 6.07) is 9.50. The molecule has 0 aliphatic carbocycles. The van der Waals surface area contributed by atoms with Gasteiger partial charge in [0.15, 0.2) is 0 Å². The minimum Gasteiger partial charge on any atom is -0.467 e. The summed E-state index contributed by atoms with van der Waals surface area (Å²) >= 11 is 0. The van der Waals surface area contributed by atoms with Gasteiger partial charge in [-0.2, -0.15) is 5.26 Å². The maximum atomic E-state index is 12.0. The van der Waals surface area contributed by atoms with Crippen molar-refractivity contribution in [3.63, 3.8) is 0 Å². The molecule has 0 radical (unpaired) electrons. The fourth-order valence-electron chi connectivity index (χ4n) is 2.38. The molecule has 23 heavy (non-hydrogen) atoms. The van der Waals surface area contributed by atoms with Gasteiger partial charge in [0, 0.05) is 11.9 Å². The van der Waals surface area contributed by atoms with Crippen molar-refractivity contribution in [1.29, 1.82) is 5.26 Å². The zero-order valence-corrected chi connectivity index (χ0v) is 13.4. The van der Waals surface area contributed by atoms with E-state index in [2.05, 4.69) is 10.6 Å². The number of nitriles is 1. The molecule has 0 aliphatic rings. The number of hydrogen-bond donors (Lipinski definition) is 2. The SMILES string of the molecule is Cc1cc(C)c(N/C=C(/C#N)C(=O)NCc2ccco2)c(C)c1. The molecule has 0 spiro atoms. The quantitative estimate of drug-likeness (QED) is 0.656. The molecule has 0 unspecified atom stereocenters. The number of anilines is 1. The van der Waals surface area contributed by atoms with E-state index in [4.69, 9.17) is 4.42 Å². The predicted octanol–water partition coefficient (Wildman–Crippen LogP) is 3.34. The molecule has 5 nitrogen and oxygen atoms in total. The number of furan rings is 1. The largest absolute Gasteiger partial charge is 0.467 e. The van der Waals surface area contributed by atoms with Crippen molar-refractivity contribution in [3.05, 3.63) is 64.8 Å². The highest BCUT2D eigenvalue weighted by Gasteiger charge is 2.10. The van der Waals surface area contributed by atoms with Crippen LogP contribution in [0, 0.1) is 32.1 Å². The molecule has 2 N–H and O–H groups in total. The molecule has 0 fully saturated rings. The second-order valence-electron chi connectivity index (χ2n) is 5.35. The molecule has 1 amide bonds. The number of nitrogens with zero attached hydrogens (tertiary/aromatic N) is 1. The number of carbonyl (C=O) groups is 1. The highest BCUT2D eigenvalue weighted by Crippen LogP contribution is 2.22. The van der Waals surface area contributed by atoms with Crippen molar-refractivity contribution in [2.24, 2.45) is 0 Å². The van der Waals surface area contributed by atoms with E-state index in [-0.39, 0.29) is 12.1 Å². The lowest BCUT2D eigenvalue weighted by Crippen LogP contribution is -2.24. The third-order valence-electron chi connectivity index (χ3n) is 3.41. The summed E-state index contributed by atoms with van der Waals surface area (Å²) in [6.07, 6.45) is 2.97. The summed E-state index contributed by atoms with van der Waals surface area (Å²) in [5.74, 6) is 0.188. The number of carbonyl (C=O) groups excluding carboxylic acids is 1. The van der Waals surface area contributed by atoms with Crippen LogP contribution in [0.25, 0.3) is 0 Å². The Kier molecular flexibility index (Phi) is 5.21. The summed E-state index contributed by atoms with van der Waals surface area (Å²) in [5.41, 5.74) is 4.21. The van der Waals surface area contributed by atoms with Crippen LogP contribution in [0.1, 0.15) is 22.5 Å². The molecule has 1 heterocycles. The maximum Gasteiger partial charge on any atom is 0.263 e. The first-order chi connectivity index (χ1) is 11.0. The average molecular weight is 309 g/mol. The van der Waals surface area contributed by atoms with Gasteiger partial charge >= 0.3 is 0 Å². The Morgan fingerprint density at radius 1 is 1.30 bits per heavy atom. The number of rotatable bonds is 5. The minimum atomic E-state index is -0.446. The molecule has 1 aromatic carbocycles. The lowest BCUT2D eigenvalue weighted by Gasteiger charge is -2.11. The zero-order chi connectivity index (χ0) is 16.8. The van der Waals surface area contributed by atoms with Gasteiger partial charge in [-0.3, -0.25) is 4.79 Å². The van der Waals surface area contributed by atoms with Gasteiger partial charge in [0.1, 0.15) is 17.4 Å². The predicted molar refractivity (Wildman–Crippen MR) is 88.5 cm³/mol. The van der Waals surface area contributed by atoms with E-state index < -0.39 is 5.91 Å². The third-order valence-corrected chi connectivity index (χ3v) is 3.41. The Balaban J connectivity index is 2.07. The van der Waals surface area contributed by atoms with Crippen LogP contribution in [0.5, 0.6) is 0 Å². The Morgan fingerprint density at radius 2 is 2.00 bits per heavy atom. The summed E-state index contributed by atoms with van der Waals surface area (Å²) in [5, 5.41) is 14.9. The van der Waals surface area contributed by atoms with Crippen LogP contribution in [-0.2, 0) is 11.3 Å². The fraction of sp³-hybridized carbons (Fsp3) is 0.222. The highest BCUT2D eigenvalue weighted by molar-refractivity contribution is 5.97. The van der Waals surface area contributed by atoms with E-state index in [9.17, 15) is 10.1 Å². The lowest BCUT2D eigenvalue weighted by molar-refractivity contribution is -0.117. The van der Waals surface area contributed by atoms with Gasteiger partial charge < -0.3 is 15.1 Å². The van der Waals surface area contributed by atoms with E-state index >= 15 is 0 Å². The van der Waals surface area contributed by atoms with Crippen molar-refractivity contribution in [2.75, 3.05) is 5.32 Å². The monoisotopic (exact) mass is 309 g/mol. The Hall–Kier alpha value is -3.00. The molecule has 118 valence electrons. The van der Waals surface area contributed by atoms with E-state index in [1.54, 1.807) is 12.1 Å². The Bertz CT molecular complexity index is 745. The number of benzene rings is 1. The second kappa shape index (κ2) is 7.32. The molecule has 0 saturated heterocycles. The van der Waals surface area contributed by atoms with Gasteiger partial charge in [-0.1, -0.05) is 17.7 Å². The number of hydrogen-bond acceptors (Lipinski definition) is 4. The average Bonchev–Trinajstić information content (AvgIpc) is 3.01. The van der Waals surface area contributed by atoms with Gasteiger partial charge in [-0.15, -0.1) is 0 Å². The van der Waals surface area contributed by atoms with Crippen LogP contribution in [0.15, 0.2) is 46.7 Å². The van der Waals surface area contributed by atoms with Crippen molar-refractivity contribution in [3.8, 4) is 6.07 Å².